The van der Waals surface area contributed by atoms with Gasteiger partial charge in [0.05, 0.1) is 5.69 Å². The summed E-state index contributed by atoms with van der Waals surface area (Å²) in [6.45, 7) is 8.72. The van der Waals surface area contributed by atoms with Crippen molar-refractivity contribution in [2.45, 2.75) is 25.8 Å². The zero-order valence-corrected chi connectivity index (χ0v) is 16.4. The van der Waals surface area contributed by atoms with E-state index in [4.69, 9.17) is 5.73 Å². The highest BCUT2D eigenvalue weighted by Crippen LogP contribution is 2.29. The molecule has 3 heterocycles. The van der Waals surface area contributed by atoms with Crippen molar-refractivity contribution in [2.75, 3.05) is 56.9 Å². The van der Waals surface area contributed by atoms with Crippen LogP contribution in [0.25, 0.3) is 11.3 Å². The zero-order valence-electron chi connectivity index (χ0n) is 16.4. The van der Waals surface area contributed by atoms with Crippen molar-refractivity contribution in [2.24, 2.45) is 0 Å². The van der Waals surface area contributed by atoms with Gasteiger partial charge in [-0.1, -0.05) is 18.2 Å². The van der Waals surface area contributed by atoms with Crippen molar-refractivity contribution in [3.8, 4) is 11.3 Å². The minimum Gasteiger partial charge on any atom is -0.368 e. The molecule has 0 radical (unpaired) electrons. The molecule has 2 saturated heterocycles. The van der Waals surface area contributed by atoms with Crippen LogP contribution in [0.2, 0.25) is 0 Å². The van der Waals surface area contributed by atoms with Crippen molar-refractivity contribution >= 4 is 11.8 Å². The molecule has 27 heavy (non-hydrogen) atoms. The van der Waals surface area contributed by atoms with Crippen LogP contribution < -0.4 is 10.6 Å². The fourth-order valence-electron chi connectivity index (χ4n) is 4.10. The van der Waals surface area contributed by atoms with Gasteiger partial charge in [-0.3, -0.25) is 4.90 Å². The fraction of sp³-hybridized carbons (Fsp3) is 0.524. The van der Waals surface area contributed by atoms with Crippen LogP contribution in [-0.2, 0) is 0 Å². The van der Waals surface area contributed by atoms with Gasteiger partial charge in [-0.2, -0.15) is 4.98 Å². The topological polar surface area (TPSA) is 61.5 Å². The van der Waals surface area contributed by atoms with Gasteiger partial charge in [0.2, 0.25) is 5.95 Å². The maximum atomic E-state index is 6.06. The molecule has 1 aromatic carbocycles. The Morgan fingerprint density at radius 2 is 1.70 bits per heavy atom. The number of rotatable bonds is 4. The molecule has 1 atom stereocenters. The number of likely N-dealkylation sites (tertiary alicyclic amines) is 1. The van der Waals surface area contributed by atoms with Crippen molar-refractivity contribution in [3.05, 3.63) is 35.9 Å². The highest BCUT2D eigenvalue weighted by molar-refractivity contribution is 5.65. The molecular weight excluding hydrogens is 336 g/mol. The third-order valence-electron chi connectivity index (χ3n) is 5.91. The first kappa shape index (κ1) is 18.2. The molecule has 2 fully saturated rings. The number of nitrogen functional groups attached to an aromatic ring is 1. The maximum absolute atomic E-state index is 6.06. The third kappa shape index (κ3) is 4.06. The van der Waals surface area contributed by atoms with E-state index in [2.05, 4.69) is 69.0 Å². The van der Waals surface area contributed by atoms with Gasteiger partial charge in [-0.15, -0.1) is 0 Å². The van der Waals surface area contributed by atoms with E-state index in [-0.39, 0.29) is 0 Å². The Hall–Kier alpha value is -2.18. The van der Waals surface area contributed by atoms with E-state index < -0.39 is 0 Å². The second kappa shape index (κ2) is 7.82. The fourth-order valence-corrected chi connectivity index (χ4v) is 4.10. The highest BCUT2D eigenvalue weighted by Gasteiger charge is 2.20. The number of likely N-dealkylation sites (N-methyl/N-ethyl adjacent to an activating group) is 1. The summed E-state index contributed by atoms with van der Waals surface area (Å²) >= 11 is 0. The Balaban J connectivity index is 1.60. The van der Waals surface area contributed by atoms with Crippen LogP contribution >= 0.6 is 0 Å². The third-order valence-corrected chi connectivity index (χ3v) is 5.91. The monoisotopic (exact) mass is 366 g/mol. The van der Waals surface area contributed by atoms with Crippen LogP contribution in [0.5, 0.6) is 0 Å². The van der Waals surface area contributed by atoms with Crippen molar-refractivity contribution in [3.63, 3.8) is 0 Å². The lowest BCUT2D eigenvalue weighted by Gasteiger charge is -2.33. The molecule has 6 heteroatoms. The number of hydrogen-bond donors (Lipinski definition) is 1. The van der Waals surface area contributed by atoms with E-state index in [0.717, 1.165) is 43.3 Å². The molecule has 0 spiro atoms. The van der Waals surface area contributed by atoms with E-state index in [1.807, 2.05) is 0 Å². The number of nitrogens with zero attached hydrogens (tertiary/aromatic N) is 5. The van der Waals surface area contributed by atoms with Crippen LogP contribution in [0.15, 0.2) is 30.3 Å². The Morgan fingerprint density at radius 1 is 0.963 bits per heavy atom. The largest absolute Gasteiger partial charge is 0.368 e. The van der Waals surface area contributed by atoms with Crippen LogP contribution in [0, 0.1) is 0 Å². The lowest BCUT2D eigenvalue weighted by molar-refractivity contribution is 0.263. The summed E-state index contributed by atoms with van der Waals surface area (Å²) < 4.78 is 0. The van der Waals surface area contributed by atoms with Crippen molar-refractivity contribution in [1.29, 1.82) is 0 Å². The first-order valence-corrected chi connectivity index (χ1v) is 10.0. The van der Waals surface area contributed by atoms with E-state index in [0.29, 0.717) is 12.0 Å². The summed E-state index contributed by atoms with van der Waals surface area (Å²) in [7, 11) is 2.16. The number of aromatic nitrogens is 2. The van der Waals surface area contributed by atoms with Crippen LogP contribution in [-0.4, -0.2) is 66.1 Å². The van der Waals surface area contributed by atoms with Crippen LogP contribution in [0.1, 0.15) is 31.4 Å². The normalized spacial score (nSPS) is 20.1. The number of piperazine rings is 1. The molecule has 0 amide bonds. The quantitative estimate of drug-likeness (QED) is 0.898. The molecule has 0 aliphatic carbocycles. The average molecular weight is 367 g/mol. The van der Waals surface area contributed by atoms with Crippen LogP contribution in [0.4, 0.5) is 11.8 Å². The summed E-state index contributed by atoms with van der Waals surface area (Å²) in [5, 5.41) is 0. The molecule has 1 aromatic heterocycles. The Morgan fingerprint density at radius 3 is 2.44 bits per heavy atom. The van der Waals surface area contributed by atoms with E-state index >= 15 is 0 Å². The second-order valence-corrected chi connectivity index (χ2v) is 7.80. The Kier molecular flexibility index (Phi) is 5.27. The summed E-state index contributed by atoms with van der Waals surface area (Å²) in [6, 6.07) is 11.3. The van der Waals surface area contributed by atoms with Gasteiger partial charge in [-0.05, 0) is 51.5 Å². The maximum Gasteiger partial charge on any atom is 0.222 e. The minimum absolute atomic E-state index is 0.347. The van der Waals surface area contributed by atoms with Gasteiger partial charge in [-0.25, -0.2) is 4.98 Å². The molecule has 144 valence electrons. The zero-order chi connectivity index (χ0) is 18.8. The lowest BCUT2D eigenvalue weighted by atomic mass is 10.0. The van der Waals surface area contributed by atoms with E-state index in [1.165, 1.54) is 31.5 Å². The molecule has 6 nitrogen and oxygen atoms in total. The summed E-state index contributed by atoms with van der Waals surface area (Å²) in [4.78, 5) is 16.2. The molecule has 2 N–H and O–H groups in total. The lowest BCUT2D eigenvalue weighted by Crippen LogP contribution is -2.44. The molecule has 2 aliphatic rings. The number of nitrogens with two attached hydrogens (primary N) is 1. The molecule has 4 rings (SSSR count). The molecule has 0 unspecified atom stereocenters. The molecule has 0 saturated carbocycles. The van der Waals surface area contributed by atoms with Crippen molar-refractivity contribution < 1.29 is 0 Å². The first-order chi connectivity index (χ1) is 13.1. The summed E-state index contributed by atoms with van der Waals surface area (Å²) in [5.41, 5.74) is 9.42. The van der Waals surface area contributed by atoms with Crippen LogP contribution in [0.3, 0.4) is 0 Å². The summed E-state index contributed by atoms with van der Waals surface area (Å²) in [5.74, 6) is 1.28. The predicted molar refractivity (Wildman–Crippen MR) is 111 cm³/mol. The van der Waals surface area contributed by atoms with Crippen molar-refractivity contribution in [1.82, 2.24) is 19.8 Å². The van der Waals surface area contributed by atoms with Gasteiger partial charge < -0.3 is 15.5 Å². The minimum atomic E-state index is 0.347. The Labute approximate surface area is 162 Å². The first-order valence-electron chi connectivity index (χ1n) is 10.0. The molecule has 2 aromatic rings. The van der Waals surface area contributed by atoms with E-state index in [1.54, 1.807) is 0 Å². The van der Waals surface area contributed by atoms with Gasteiger partial charge in [0.25, 0.3) is 0 Å². The predicted octanol–water partition coefficient (Wildman–Crippen LogP) is 2.63. The standard InChI is InChI=1S/C21H30N6/c1-16(26-8-3-4-9-26)17-6-5-7-18(14-17)19-15-20(24-21(22)23-19)27-12-10-25(2)11-13-27/h5-7,14-16H,3-4,8-13H2,1-2H3,(H2,22,23,24)/t16-/m0/s1. The average Bonchev–Trinajstić information content (AvgIpc) is 3.22. The smallest absolute Gasteiger partial charge is 0.222 e. The van der Waals surface area contributed by atoms with E-state index in [9.17, 15) is 0 Å². The molecule has 2 aliphatic heterocycles. The number of anilines is 2. The van der Waals surface area contributed by atoms with Gasteiger partial charge >= 0.3 is 0 Å². The number of benzene rings is 1. The SMILES string of the molecule is C[C@@H](c1cccc(-c2cc(N3CCN(C)CC3)nc(N)n2)c1)N1CCCC1. The number of hydrogen-bond acceptors (Lipinski definition) is 6. The molecule has 0 bridgehead atoms. The van der Waals surface area contributed by atoms with Gasteiger partial charge in [0.15, 0.2) is 0 Å². The second-order valence-electron chi connectivity index (χ2n) is 7.80. The summed E-state index contributed by atoms with van der Waals surface area (Å²) in [6.07, 6.45) is 2.61. The van der Waals surface area contributed by atoms with Gasteiger partial charge in [0.1, 0.15) is 5.82 Å². The van der Waals surface area contributed by atoms with Gasteiger partial charge in [0, 0.05) is 43.9 Å². The Bertz CT molecular complexity index is 778. The molecular formula is C21H30N6. The highest BCUT2D eigenvalue weighted by atomic mass is 15.3.